The molecule has 1 aliphatic heterocycles. The van der Waals surface area contributed by atoms with Gasteiger partial charge >= 0.3 is 0 Å². The van der Waals surface area contributed by atoms with Crippen LogP contribution in [0.15, 0.2) is 59.7 Å². The molecule has 158 valence electrons. The lowest BCUT2D eigenvalue weighted by molar-refractivity contribution is -0.119. The largest absolute Gasteiger partial charge is 0.368 e. The minimum Gasteiger partial charge on any atom is -0.368 e. The molecule has 0 bridgehead atoms. The van der Waals surface area contributed by atoms with Gasteiger partial charge in [0.15, 0.2) is 0 Å². The smallest absolute Gasteiger partial charge is 0.267 e. The maximum absolute atomic E-state index is 12.8. The average Bonchev–Trinajstić information content (AvgIpc) is 3.20. The molecule has 0 spiro atoms. The topological polar surface area (TPSA) is 91.0 Å². The number of hydrogen-bond acceptors (Lipinski definition) is 5. The summed E-state index contributed by atoms with van der Waals surface area (Å²) in [5.41, 5.74) is 9.00. The van der Waals surface area contributed by atoms with Crippen LogP contribution in [0.5, 0.6) is 0 Å². The average molecular weight is 408 g/mol. The molecule has 2 aromatic rings. The maximum Gasteiger partial charge on any atom is 0.267 e. The van der Waals surface area contributed by atoms with E-state index in [1.807, 2.05) is 44.4 Å². The lowest BCUT2D eigenvalue weighted by Gasteiger charge is -2.25. The number of anilines is 1. The highest BCUT2D eigenvalue weighted by Crippen LogP contribution is 2.24. The van der Waals surface area contributed by atoms with Crippen molar-refractivity contribution in [2.24, 2.45) is 10.8 Å². The number of carbonyl (C=O) groups excluding carboxylic acids is 2. The summed E-state index contributed by atoms with van der Waals surface area (Å²) in [5.74, 6) is -0.788. The number of hydrogen-bond donors (Lipinski definition) is 2. The van der Waals surface area contributed by atoms with Gasteiger partial charge in [0, 0.05) is 13.0 Å². The second-order valence-electron chi connectivity index (χ2n) is 7.63. The standard InChI is InChI=1S/C23H29N5O2/c1-4-16-10-12-17(13-11-16)21(27(2)3)15-25-23(30)19-14-20(22(24)29)28(26-19)18-8-6-5-7-9-18/h5-13,20-21H,4,14-15H2,1-3H3,(H2,24,29)(H,25,30). The number of benzene rings is 2. The number of nitrogens with two attached hydrogens (primary N) is 1. The highest BCUT2D eigenvalue weighted by atomic mass is 16.2. The lowest BCUT2D eigenvalue weighted by atomic mass is 10.0. The van der Waals surface area contributed by atoms with Gasteiger partial charge in [-0.2, -0.15) is 5.10 Å². The molecule has 0 aliphatic carbocycles. The van der Waals surface area contributed by atoms with Crippen LogP contribution in [-0.4, -0.2) is 49.1 Å². The Morgan fingerprint density at radius 1 is 1.17 bits per heavy atom. The van der Waals surface area contributed by atoms with E-state index in [0.717, 1.165) is 17.7 Å². The summed E-state index contributed by atoms with van der Waals surface area (Å²) < 4.78 is 0. The van der Waals surface area contributed by atoms with Crippen molar-refractivity contribution >= 4 is 23.2 Å². The second kappa shape index (κ2) is 9.54. The van der Waals surface area contributed by atoms with Crippen molar-refractivity contribution < 1.29 is 9.59 Å². The zero-order chi connectivity index (χ0) is 21.7. The van der Waals surface area contributed by atoms with Crippen LogP contribution in [0.1, 0.15) is 30.5 Å². The number of nitrogens with zero attached hydrogens (tertiary/aromatic N) is 3. The van der Waals surface area contributed by atoms with Crippen LogP contribution in [-0.2, 0) is 16.0 Å². The van der Waals surface area contributed by atoms with Crippen molar-refractivity contribution in [2.45, 2.75) is 31.8 Å². The number of primary amides is 1. The van der Waals surface area contributed by atoms with Gasteiger partial charge in [0.25, 0.3) is 5.91 Å². The molecule has 1 heterocycles. The molecule has 0 radical (unpaired) electrons. The third-order valence-electron chi connectivity index (χ3n) is 5.37. The highest BCUT2D eigenvalue weighted by molar-refractivity contribution is 6.40. The first-order valence-corrected chi connectivity index (χ1v) is 10.1. The van der Waals surface area contributed by atoms with Crippen molar-refractivity contribution in [3.05, 3.63) is 65.7 Å². The number of carbonyl (C=O) groups is 2. The van der Waals surface area contributed by atoms with Crippen LogP contribution in [0.4, 0.5) is 5.69 Å². The van der Waals surface area contributed by atoms with Crippen LogP contribution >= 0.6 is 0 Å². The first kappa shape index (κ1) is 21.5. The maximum atomic E-state index is 12.8. The molecule has 0 saturated carbocycles. The first-order chi connectivity index (χ1) is 14.4. The quantitative estimate of drug-likeness (QED) is 0.701. The molecule has 3 rings (SSSR count). The third-order valence-corrected chi connectivity index (χ3v) is 5.37. The van der Waals surface area contributed by atoms with Crippen molar-refractivity contribution in [1.29, 1.82) is 0 Å². The number of nitrogens with one attached hydrogen (secondary N) is 1. The molecular weight excluding hydrogens is 378 g/mol. The van der Waals surface area contributed by atoms with E-state index in [1.54, 1.807) is 0 Å². The summed E-state index contributed by atoms with van der Waals surface area (Å²) in [7, 11) is 3.97. The van der Waals surface area contributed by atoms with E-state index >= 15 is 0 Å². The Balaban J connectivity index is 1.71. The zero-order valence-electron chi connectivity index (χ0n) is 17.7. The molecule has 30 heavy (non-hydrogen) atoms. The number of rotatable bonds is 8. The van der Waals surface area contributed by atoms with Crippen LogP contribution in [0.3, 0.4) is 0 Å². The lowest BCUT2D eigenvalue weighted by Crippen LogP contribution is -2.40. The minimum atomic E-state index is -0.667. The molecule has 3 N–H and O–H groups in total. The highest BCUT2D eigenvalue weighted by Gasteiger charge is 2.35. The van der Waals surface area contributed by atoms with Gasteiger partial charge in [0.1, 0.15) is 11.8 Å². The van der Waals surface area contributed by atoms with Gasteiger partial charge in [-0.15, -0.1) is 0 Å². The van der Waals surface area contributed by atoms with E-state index in [-0.39, 0.29) is 18.4 Å². The molecule has 7 nitrogen and oxygen atoms in total. The molecule has 2 atom stereocenters. The number of aryl methyl sites for hydroxylation is 1. The van der Waals surface area contributed by atoms with Crippen molar-refractivity contribution in [1.82, 2.24) is 10.2 Å². The Hall–Kier alpha value is -3.19. The van der Waals surface area contributed by atoms with Gasteiger partial charge in [-0.3, -0.25) is 14.6 Å². The monoisotopic (exact) mass is 407 g/mol. The van der Waals surface area contributed by atoms with E-state index in [1.165, 1.54) is 10.6 Å². The Labute approximate surface area is 177 Å². The minimum absolute atomic E-state index is 0.0269. The molecule has 1 aliphatic rings. The van der Waals surface area contributed by atoms with Crippen molar-refractivity contribution in [2.75, 3.05) is 25.6 Å². The fourth-order valence-corrected chi connectivity index (χ4v) is 3.55. The number of para-hydroxylation sites is 1. The molecule has 0 fully saturated rings. The summed E-state index contributed by atoms with van der Waals surface area (Å²) >= 11 is 0. The summed E-state index contributed by atoms with van der Waals surface area (Å²) in [6.45, 7) is 2.56. The summed E-state index contributed by atoms with van der Waals surface area (Å²) in [6.07, 6.45) is 1.18. The van der Waals surface area contributed by atoms with Crippen LogP contribution in [0.25, 0.3) is 0 Å². The zero-order valence-corrected chi connectivity index (χ0v) is 17.7. The van der Waals surface area contributed by atoms with E-state index in [9.17, 15) is 9.59 Å². The normalized spacial score (nSPS) is 17.0. The van der Waals surface area contributed by atoms with Crippen molar-refractivity contribution in [3.63, 3.8) is 0 Å². The van der Waals surface area contributed by atoms with Crippen LogP contribution in [0.2, 0.25) is 0 Å². The van der Waals surface area contributed by atoms with Gasteiger partial charge in [0.05, 0.1) is 11.7 Å². The van der Waals surface area contributed by atoms with Gasteiger partial charge in [-0.1, -0.05) is 49.4 Å². The van der Waals surface area contributed by atoms with E-state index in [4.69, 9.17) is 5.73 Å². The van der Waals surface area contributed by atoms with E-state index in [0.29, 0.717) is 12.3 Å². The molecule has 2 unspecified atom stereocenters. The van der Waals surface area contributed by atoms with Crippen molar-refractivity contribution in [3.8, 4) is 0 Å². The molecule has 2 aromatic carbocycles. The number of hydrazone groups is 1. The van der Waals surface area contributed by atoms with E-state index in [2.05, 4.69) is 46.5 Å². The first-order valence-electron chi connectivity index (χ1n) is 10.1. The molecule has 0 aromatic heterocycles. The summed E-state index contributed by atoms with van der Waals surface area (Å²) in [6, 6.07) is 17.0. The fraction of sp³-hybridized carbons (Fsp3) is 0.348. The van der Waals surface area contributed by atoms with Gasteiger partial charge in [-0.25, -0.2) is 0 Å². The van der Waals surface area contributed by atoms with Gasteiger partial charge in [0.2, 0.25) is 5.91 Å². The third kappa shape index (κ3) is 4.86. The second-order valence-corrected chi connectivity index (χ2v) is 7.63. The van der Waals surface area contributed by atoms with E-state index < -0.39 is 11.9 Å². The molecule has 0 saturated heterocycles. The number of likely N-dealkylation sites (N-methyl/N-ethyl adjacent to an activating group) is 1. The predicted octanol–water partition coefficient (Wildman–Crippen LogP) is 2.09. The number of amides is 2. The Morgan fingerprint density at radius 3 is 2.40 bits per heavy atom. The van der Waals surface area contributed by atoms with Crippen LogP contribution < -0.4 is 16.1 Å². The fourth-order valence-electron chi connectivity index (χ4n) is 3.55. The Morgan fingerprint density at radius 2 is 1.83 bits per heavy atom. The molecular formula is C23H29N5O2. The van der Waals surface area contributed by atoms with Gasteiger partial charge < -0.3 is 16.0 Å². The van der Waals surface area contributed by atoms with Gasteiger partial charge in [-0.05, 0) is 43.8 Å². The Kier molecular flexibility index (Phi) is 6.84. The summed E-state index contributed by atoms with van der Waals surface area (Å²) in [5, 5.41) is 8.91. The SMILES string of the molecule is CCc1ccc(C(CNC(=O)C2=NN(c3ccccc3)C(C(N)=O)C2)N(C)C)cc1. The Bertz CT molecular complexity index is 909. The molecule has 2 amide bonds. The predicted molar refractivity (Wildman–Crippen MR) is 119 cm³/mol. The summed E-state index contributed by atoms with van der Waals surface area (Å²) in [4.78, 5) is 26.8. The molecule has 7 heteroatoms. The van der Waals surface area contributed by atoms with Crippen LogP contribution in [0, 0.1) is 0 Å².